The van der Waals surface area contributed by atoms with Crippen molar-refractivity contribution in [2.45, 2.75) is 75.7 Å². The van der Waals surface area contributed by atoms with Gasteiger partial charge in [-0.15, -0.1) is 0 Å². The van der Waals surface area contributed by atoms with Crippen LogP contribution in [0.5, 0.6) is 5.75 Å². The second kappa shape index (κ2) is 15.5. The van der Waals surface area contributed by atoms with Gasteiger partial charge in [-0.3, -0.25) is 14.4 Å². The minimum atomic E-state index is -1.35. The van der Waals surface area contributed by atoms with Crippen molar-refractivity contribution < 1.29 is 42.5 Å². The third-order valence-electron chi connectivity index (χ3n) is 9.41. The smallest absolute Gasteiger partial charge is 0.305 e. The summed E-state index contributed by atoms with van der Waals surface area (Å²) in [5.74, 6) is -5.87. The van der Waals surface area contributed by atoms with Gasteiger partial charge in [0.1, 0.15) is 0 Å². The Kier molecular flexibility index (Phi) is 10.9. The molecule has 9 nitrogen and oxygen atoms in total. The number of nitrogens with one attached hydrogen (secondary N) is 1. The van der Waals surface area contributed by atoms with E-state index in [0.717, 1.165) is 41.2 Å². The number of amides is 2. The topological polar surface area (TPSA) is 119 Å². The maximum absolute atomic E-state index is 14.6. The minimum Gasteiger partial charge on any atom is -0.488 e. The first kappa shape index (κ1) is 35.2. The van der Waals surface area contributed by atoms with E-state index in [-0.39, 0.29) is 43.5 Å². The summed E-state index contributed by atoms with van der Waals surface area (Å²) in [4.78, 5) is 42.4. The number of aliphatic carboxylic acids is 1. The number of piperazine rings is 1. The molecule has 264 valence electrons. The molecule has 0 aromatic heterocycles. The fraction of sp³-hybridized carbons (Fsp3) is 0.395. The standard InChI is InChI=1S/C38H40F3N3O6/c39-30-14-15-31(40)37(36(30)41)50-16-4-7-23-8-10-25(11-9-23)29-17-26-21-43(33(46)18-28(45)19-34(47)48)22-32(42-26)35(29)38(49)44(27-12-13-27)20-24-5-2-1-3-6-24/h1-3,5-6,8-11,14-15,26-28,32,42,45H,4,7,12-13,16-22H2,(H,47,48)/t26-,28-,32-/m1/s1. The fourth-order valence-electron chi connectivity index (χ4n) is 6.83. The summed E-state index contributed by atoms with van der Waals surface area (Å²) in [5, 5.41) is 22.7. The van der Waals surface area contributed by atoms with Crippen molar-refractivity contribution >= 4 is 23.4 Å². The first-order valence-electron chi connectivity index (χ1n) is 16.9. The third kappa shape index (κ3) is 8.36. The Labute approximate surface area is 288 Å². The molecule has 1 aliphatic carbocycles. The number of carboxylic acid groups (broad SMARTS) is 1. The highest BCUT2D eigenvalue weighted by atomic mass is 19.2. The van der Waals surface area contributed by atoms with E-state index >= 15 is 0 Å². The van der Waals surface area contributed by atoms with Gasteiger partial charge in [0.15, 0.2) is 17.4 Å². The quantitative estimate of drug-likeness (QED) is 0.163. The Morgan fingerprint density at radius 1 is 0.920 bits per heavy atom. The van der Waals surface area contributed by atoms with E-state index < -0.39 is 47.7 Å². The van der Waals surface area contributed by atoms with Crippen LogP contribution in [-0.2, 0) is 27.3 Å². The number of carbonyl (C=O) groups is 3. The molecule has 2 heterocycles. The van der Waals surface area contributed by atoms with Gasteiger partial charge in [-0.2, -0.15) is 4.39 Å². The van der Waals surface area contributed by atoms with Gasteiger partial charge in [-0.1, -0.05) is 54.6 Å². The molecule has 1 saturated heterocycles. The molecule has 0 unspecified atom stereocenters. The number of rotatable bonds is 14. The number of aliphatic hydroxyl groups excluding tert-OH is 1. The number of carbonyl (C=O) groups excluding carboxylic acids is 2. The molecule has 50 heavy (non-hydrogen) atoms. The fourth-order valence-corrected chi connectivity index (χ4v) is 6.83. The third-order valence-corrected chi connectivity index (χ3v) is 9.41. The molecule has 3 atom stereocenters. The van der Waals surface area contributed by atoms with Crippen LogP contribution in [0.3, 0.4) is 0 Å². The van der Waals surface area contributed by atoms with Crippen LogP contribution in [-0.4, -0.2) is 81.7 Å². The molecule has 0 spiro atoms. The van der Waals surface area contributed by atoms with Crippen molar-refractivity contribution in [3.05, 3.63) is 106 Å². The minimum absolute atomic E-state index is 0.0150. The van der Waals surface area contributed by atoms with Crippen LogP contribution in [0, 0.1) is 17.5 Å². The monoisotopic (exact) mass is 691 g/mol. The van der Waals surface area contributed by atoms with Gasteiger partial charge in [0.2, 0.25) is 11.7 Å². The number of aliphatic hydroxyl groups is 1. The van der Waals surface area contributed by atoms with Gasteiger partial charge < -0.3 is 30.1 Å². The summed E-state index contributed by atoms with van der Waals surface area (Å²) >= 11 is 0. The lowest BCUT2D eigenvalue weighted by Crippen LogP contribution is -2.62. The molecular formula is C38H40F3N3O6. The van der Waals surface area contributed by atoms with Gasteiger partial charge in [-0.05, 0) is 66.5 Å². The van der Waals surface area contributed by atoms with Gasteiger partial charge >= 0.3 is 5.97 Å². The summed E-state index contributed by atoms with van der Waals surface area (Å²) in [6.07, 6.45) is 1.11. The molecule has 0 radical (unpaired) electrons. The van der Waals surface area contributed by atoms with Crippen molar-refractivity contribution in [2.24, 2.45) is 0 Å². The van der Waals surface area contributed by atoms with Crippen LogP contribution in [0.15, 0.2) is 72.3 Å². The number of hydrogen-bond acceptors (Lipinski definition) is 6. The van der Waals surface area contributed by atoms with Crippen LogP contribution in [0.2, 0.25) is 0 Å². The summed E-state index contributed by atoms with van der Waals surface area (Å²) in [6, 6.07) is 18.6. The number of carboxylic acids is 1. The molecule has 1 saturated carbocycles. The molecule has 12 heteroatoms. The molecule has 3 aromatic carbocycles. The maximum Gasteiger partial charge on any atom is 0.305 e. The van der Waals surface area contributed by atoms with Crippen molar-refractivity contribution in [1.82, 2.24) is 15.1 Å². The number of halogens is 3. The number of aryl methyl sites for hydroxylation is 1. The van der Waals surface area contributed by atoms with E-state index in [9.17, 15) is 32.7 Å². The largest absolute Gasteiger partial charge is 0.488 e. The Morgan fingerprint density at radius 3 is 2.34 bits per heavy atom. The normalized spacial score (nSPS) is 19.2. The Bertz CT molecular complexity index is 1750. The summed E-state index contributed by atoms with van der Waals surface area (Å²) in [5.41, 5.74) is 4.32. The van der Waals surface area contributed by atoms with E-state index in [0.29, 0.717) is 44.0 Å². The number of nitrogens with zero attached hydrogens (tertiary/aromatic N) is 2. The molecule has 6 rings (SSSR count). The zero-order valence-corrected chi connectivity index (χ0v) is 27.5. The van der Waals surface area contributed by atoms with Gasteiger partial charge in [0.05, 0.1) is 31.6 Å². The summed E-state index contributed by atoms with van der Waals surface area (Å²) in [7, 11) is 0. The van der Waals surface area contributed by atoms with Crippen LogP contribution in [0.4, 0.5) is 13.2 Å². The first-order valence-corrected chi connectivity index (χ1v) is 16.9. The second-order valence-corrected chi connectivity index (χ2v) is 13.2. The number of ether oxygens (including phenoxy) is 1. The Hall–Kier alpha value is -4.68. The zero-order chi connectivity index (χ0) is 35.4. The highest BCUT2D eigenvalue weighted by molar-refractivity contribution is 6.03. The lowest BCUT2D eigenvalue weighted by atomic mass is 9.82. The predicted molar refractivity (Wildman–Crippen MR) is 178 cm³/mol. The highest BCUT2D eigenvalue weighted by Gasteiger charge is 2.43. The van der Waals surface area contributed by atoms with Crippen molar-refractivity contribution in [2.75, 3.05) is 19.7 Å². The first-order chi connectivity index (χ1) is 24.1. The molecule has 3 aromatic rings. The Balaban J connectivity index is 1.22. The molecule has 3 aliphatic rings. The zero-order valence-electron chi connectivity index (χ0n) is 27.5. The van der Waals surface area contributed by atoms with Crippen molar-refractivity contribution in [3.63, 3.8) is 0 Å². The van der Waals surface area contributed by atoms with Gasteiger partial charge in [-0.25, -0.2) is 8.78 Å². The van der Waals surface area contributed by atoms with E-state index in [1.54, 1.807) is 4.90 Å². The van der Waals surface area contributed by atoms with E-state index in [1.165, 1.54) is 0 Å². The van der Waals surface area contributed by atoms with E-state index in [1.807, 2.05) is 59.5 Å². The SMILES string of the molecule is O=C(O)C[C@H](O)CC(=O)N1C[C@H]2CC(c3ccc(CCCOc4c(F)ccc(F)c4F)cc3)=C(C(=O)N(Cc3ccccc3)C3CC3)[C@@H](C1)N2. The van der Waals surface area contributed by atoms with Crippen LogP contribution in [0.25, 0.3) is 5.57 Å². The van der Waals surface area contributed by atoms with Gasteiger partial charge in [0.25, 0.3) is 5.91 Å². The molecule has 2 bridgehead atoms. The second-order valence-electron chi connectivity index (χ2n) is 13.2. The van der Waals surface area contributed by atoms with Crippen LogP contribution < -0.4 is 10.1 Å². The summed E-state index contributed by atoms with van der Waals surface area (Å²) in [6.45, 7) is 0.986. The van der Waals surface area contributed by atoms with Crippen LogP contribution >= 0.6 is 0 Å². The summed E-state index contributed by atoms with van der Waals surface area (Å²) < 4.78 is 46.6. The lowest BCUT2D eigenvalue weighted by molar-refractivity contribution is -0.141. The average Bonchev–Trinajstić information content (AvgIpc) is 3.94. The molecule has 2 aliphatic heterocycles. The molecule has 3 N–H and O–H groups in total. The Morgan fingerprint density at radius 2 is 1.64 bits per heavy atom. The lowest BCUT2D eigenvalue weighted by Gasteiger charge is -2.45. The number of benzene rings is 3. The molecular weight excluding hydrogens is 651 g/mol. The maximum atomic E-state index is 14.6. The molecule has 2 fully saturated rings. The van der Waals surface area contributed by atoms with E-state index in [2.05, 4.69) is 5.32 Å². The van der Waals surface area contributed by atoms with E-state index in [4.69, 9.17) is 9.84 Å². The highest BCUT2D eigenvalue weighted by Crippen LogP contribution is 2.37. The average molecular weight is 692 g/mol. The number of fused-ring (bicyclic) bond motifs is 2. The number of hydrogen-bond donors (Lipinski definition) is 3. The predicted octanol–water partition coefficient (Wildman–Crippen LogP) is 4.86. The van der Waals surface area contributed by atoms with Crippen molar-refractivity contribution in [3.8, 4) is 5.75 Å². The van der Waals surface area contributed by atoms with Crippen LogP contribution in [0.1, 0.15) is 55.2 Å². The van der Waals surface area contributed by atoms with Gasteiger partial charge in [0, 0.05) is 37.3 Å². The van der Waals surface area contributed by atoms with Crippen molar-refractivity contribution in [1.29, 1.82) is 0 Å². The molecule has 2 amide bonds.